The van der Waals surface area contributed by atoms with E-state index in [4.69, 9.17) is 30.5 Å². The molecule has 134 valence electrons. The van der Waals surface area contributed by atoms with E-state index in [9.17, 15) is 4.79 Å². The number of carbonyl (C=O) groups excluding carboxylic acids is 1. The summed E-state index contributed by atoms with van der Waals surface area (Å²) in [6.07, 6.45) is 0. The fourth-order valence-electron chi connectivity index (χ4n) is 2.15. The number of hydrogen-bond acceptors (Lipinski definition) is 5. The third-order valence-corrected chi connectivity index (χ3v) is 3.67. The molecule has 0 heterocycles. The lowest BCUT2D eigenvalue weighted by Gasteiger charge is -2.15. The van der Waals surface area contributed by atoms with Crippen LogP contribution in [0.3, 0.4) is 0 Å². The lowest BCUT2D eigenvalue weighted by atomic mass is 10.2. The van der Waals surface area contributed by atoms with Crippen LogP contribution in [0.15, 0.2) is 30.3 Å². The molecule has 2 aromatic carbocycles. The van der Waals surface area contributed by atoms with E-state index in [2.05, 4.69) is 10.6 Å². The van der Waals surface area contributed by atoms with Crippen LogP contribution in [-0.2, 0) is 0 Å². The van der Waals surface area contributed by atoms with Gasteiger partial charge in [0.2, 0.25) is 0 Å². The minimum atomic E-state index is -0.494. The van der Waals surface area contributed by atoms with Crippen LogP contribution in [0.5, 0.6) is 23.0 Å². The molecule has 0 saturated carbocycles. The maximum absolute atomic E-state index is 12.3. The minimum Gasteiger partial charge on any atom is -0.497 e. The van der Waals surface area contributed by atoms with Crippen molar-refractivity contribution < 1.29 is 23.7 Å². The molecule has 0 spiro atoms. The molecule has 0 unspecified atom stereocenters. The van der Waals surface area contributed by atoms with Crippen molar-refractivity contribution in [2.45, 2.75) is 0 Å². The molecule has 2 rings (SSSR count). The first-order valence-electron chi connectivity index (χ1n) is 7.24. The molecule has 0 bridgehead atoms. The number of halogens is 1. The molecule has 8 heteroatoms. The van der Waals surface area contributed by atoms with Gasteiger partial charge in [-0.2, -0.15) is 0 Å². The van der Waals surface area contributed by atoms with Gasteiger partial charge in [0, 0.05) is 12.1 Å². The summed E-state index contributed by atoms with van der Waals surface area (Å²) in [6, 6.07) is 7.71. The van der Waals surface area contributed by atoms with Crippen LogP contribution in [-0.4, -0.2) is 34.5 Å². The number of methoxy groups -OCH3 is 4. The number of carbonyl (C=O) groups is 1. The van der Waals surface area contributed by atoms with E-state index < -0.39 is 6.03 Å². The largest absolute Gasteiger partial charge is 0.497 e. The molecular weight excluding hydrogens is 348 g/mol. The Balaban J connectivity index is 2.22. The molecule has 2 N–H and O–H groups in total. The number of hydrogen-bond donors (Lipinski definition) is 2. The second kappa shape index (κ2) is 8.34. The Morgan fingerprint density at radius 1 is 0.800 bits per heavy atom. The first-order chi connectivity index (χ1) is 12.0. The average Bonchev–Trinajstić information content (AvgIpc) is 2.61. The summed E-state index contributed by atoms with van der Waals surface area (Å²) in [6.45, 7) is 0. The van der Waals surface area contributed by atoms with Crippen molar-refractivity contribution >= 4 is 29.0 Å². The summed E-state index contributed by atoms with van der Waals surface area (Å²) in [5.74, 6) is 1.93. The van der Waals surface area contributed by atoms with Gasteiger partial charge in [-0.05, 0) is 18.2 Å². The molecule has 0 saturated heterocycles. The maximum atomic E-state index is 12.3. The van der Waals surface area contributed by atoms with Crippen molar-refractivity contribution in [1.82, 2.24) is 0 Å². The molecule has 0 aromatic heterocycles. The number of benzene rings is 2. The molecule has 25 heavy (non-hydrogen) atoms. The Morgan fingerprint density at radius 3 is 1.96 bits per heavy atom. The van der Waals surface area contributed by atoms with Crippen molar-refractivity contribution in [3.05, 3.63) is 35.4 Å². The highest BCUT2D eigenvalue weighted by Gasteiger charge is 2.14. The zero-order valence-corrected chi connectivity index (χ0v) is 15.1. The van der Waals surface area contributed by atoms with Gasteiger partial charge in [0.1, 0.15) is 23.0 Å². The minimum absolute atomic E-state index is 0.345. The summed E-state index contributed by atoms with van der Waals surface area (Å²) in [4.78, 5) is 12.3. The maximum Gasteiger partial charge on any atom is 0.323 e. The number of anilines is 2. The van der Waals surface area contributed by atoms with Crippen molar-refractivity contribution in [3.8, 4) is 23.0 Å². The van der Waals surface area contributed by atoms with Crippen LogP contribution in [0.4, 0.5) is 16.2 Å². The van der Waals surface area contributed by atoms with Gasteiger partial charge in [0.15, 0.2) is 0 Å². The Kier molecular flexibility index (Phi) is 6.19. The number of amides is 2. The topological polar surface area (TPSA) is 78.1 Å². The van der Waals surface area contributed by atoms with Gasteiger partial charge < -0.3 is 29.6 Å². The Bertz CT molecular complexity index is 767. The first kappa shape index (κ1) is 18.5. The van der Waals surface area contributed by atoms with Crippen LogP contribution in [0.2, 0.25) is 5.02 Å². The van der Waals surface area contributed by atoms with Crippen molar-refractivity contribution in [2.24, 2.45) is 0 Å². The highest BCUT2D eigenvalue weighted by molar-refractivity contribution is 6.32. The summed E-state index contributed by atoms with van der Waals surface area (Å²) in [5.41, 5.74) is 0.852. The van der Waals surface area contributed by atoms with Crippen molar-refractivity contribution in [1.29, 1.82) is 0 Å². The van der Waals surface area contributed by atoms with Gasteiger partial charge in [0.05, 0.1) is 44.8 Å². The van der Waals surface area contributed by atoms with Gasteiger partial charge in [-0.15, -0.1) is 0 Å². The smallest absolute Gasteiger partial charge is 0.323 e. The average molecular weight is 367 g/mol. The van der Waals surface area contributed by atoms with E-state index in [1.54, 1.807) is 30.3 Å². The third kappa shape index (κ3) is 4.39. The fourth-order valence-corrected chi connectivity index (χ4v) is 2.39. The third-order valence-electron chi connectivity index (χ3n) is 3.38. The van der Waals surface area contributed by atoms with Crippen LogP contribution in [0, 0.1) is 0 Å². The Morgan fingerprint density at radius 2 is 1.40 bits per heavy atom. The molecule has 7 nitrogen and oxygen atoms in total. The number of urea groups is 1. The van der Waals surface area contributed by atoms with Gasteiger partial charge in [-0.3, -0.25) is 0 Å². The second-order valence-corrected chi connectivity index (χ2v) is 5.24. The summed E-state index contributed by atoms with van der Waals surface area (Å²) >= 11 is 6.10. The van der Waals surface area contributed by atoms with Crippen LogP contribution >= 0.6 is 11.6 Å². The van der Waals surface area contributed by atoms with Gasteiger partial charge in [0.25, 0.3) is 0 Å². The Labute approximate surface area is 150 Å². The molecule has 0 aliphatic rings. The molecule has 0 atom stereocenters. The molecule has 0 radical (unpaired) electrons. The van der Waals surface area contributed by atoms with Crippen LogP contribution < -0.4 is 29.6 Å². The predicted molar refractivity (Wildman–Crippen MR) is 96.7 cm³/mol. The van der Waals surface area contributed by atoms with Gasteiger partial charge in [-0.1, -0.05) is 11.6 Å². The second-order valence-electron chi connectivity index (χ2n) is 4.83. The SMILES string of the molecule is COc1ccc(OC)c(NC(=O)Nc2cc(Cl)c(OC)cc2OC)c1. The zero-order valence-electron chi connectivity index (χ0n) is 14.3. The molecule has 0 aliphatic carbocycles. The standard InChI is InChI=1S/C17H19ClN2O5/c1-22-10-5-6-14(23-2)12(7-10)19-17(21)20-13-8-11(18)15(24-3)9-16(13)25-4/h5-9H,1-4H3,(H2,19,20,21). The van der Waals surface area contributed by atoms with E-state index in [-0.39, 0.29) is 0 Å². The van der Waals surface area contributed by atoms with Crippen molar-refractivity contribution in [3.63, 3.8) is 0 Å². The molecule has 0 fully saturated rings. The normalized spacial score (nSPS) is 9.96. The molecule has 2 amide bonds. The number of ether oxygens (including phenoxy) is 4. The zero-order chi connectivity index (χ0) is 18.4. The van der Waals surface area contributed by atoms with E-state index in [1.165, 1.54) is 28.4 Å². The molecular formula is C17H19ClN2O5. The highest BCUT2D eigenvalue weighted by Crippen LogP contribution is 2.36. The molecule has 0 aliphatic heterocycles. The first-order valence-corrected chi connectivity index (χ1v) is 7.61. The van der Waals surface area contributed by atoms with E-state index >= 15 is 0 Å². The predicted octanol–water partition coefficient (Wildman–Crippen LogP) is 4.02. The Hall–Kier alpha value is -2.80. The monoisotopic (exact) mass is 366 g/mol. The fraction of sp³-hybridized carbons (Fsp3) is 0.235. The summed E-state index contributed by atoms with van der Waals surface area (Å²) < 4.78 is 20.8. The lowest BCUT2D eigenvalue weighted by molar-refractivity contribution is 0.262. The van der Waals surface area contributed by atoms with Crippen LogP contribution in [0.25, 0.3) is 0 Å². The van der Waals surface area contributed by atoms with E-state index in [0.29, 0.717) is 39.4 Å². The summed E-state index contributed by atoms with van der Waals surface area (Å²) in [5, 5.41) is 5.72. The molecule has 2 aromatic rings. The van der Waals surface area contributed by atoms with Gasteiger partial charge in [-0.25, -0.2) is 4.79 Å². The van der Waals surface area contributed by atoms with E-state index in [0.717, 1.165) is 0 Å². The van der Waals surface area contributed by atoms with E-state index in [1.807, 2.05) is 0 Å². The quantitative estimate of drug-likeness (QED) is 0.807. The van der Waals surface area contributed by atoms with Gasteiger partial charge >= 0.3 is 6.03 Å². The number of nitrogens with one attached hydrogen (secondary N) is 2. The highest BCUT2D eigenvalue weighted by atomic mass is 35.5. The lowest BCUT2D eigenvalue weighted by Crippen LogP contribution is -2.20. The number of rotatable bonds is 6. The van der Waals surface area contributed by atoms with Crippen molar-refractivity contribution in [2.75, 3.05) is 39.1 Å². The van der Waals surface area contributed by atoms with Crippen LogP contribution in [0.1, 0.15) is 0 Å². The summed E-state index contributed by atoms with van der Waals surface area (Å²) in [7, 11) is 6.03.